The molecule has 0 fully saturated rings. The highest BCUT2D eigenvalue weighted by atomic mass is 79.9. The summed E-state index contributed by atoms with van der Waals surface area (Å²) in [5.74, 6) is -0.369. The minimum absolute atomic E-state index is 0.369. The molecule has 1 aromatic carbocycles. The lowest BCUT2D eigenvalue weighted by Gasteiger charge is -2.09. The number of hydrogen-bond donors (Lipinski definition) is 1. The first kappa shape index (κ1) is 15.5. The number of rotatable bonds is 6. The monoisotopic (exact) mass is 377 g/mol. The highest BCUT2D eigenvalue weighted by molar-refractivity contribution is 9.11. The number of carbonyl (C=O) groups is 1. The fourth-order valence-corrected chi connectivity index (χ4v) is 2.75. The fraction of sp³-hybridized carbons (Fsp3) is 0.462. The number of carbonyl (C=O) groups excluding carboxylic acids is 1. The van der Waals surface area contributed by atoms with E-state index < -0.39 is 0 Å². The van der Waals surface area contributed by atoms with E-state index in [9.17, 15) is 4.79 Å². The van der Waals surface area contributed by atoms with Crippen molar-refractivity contribution in [3.8, 4) is 0 Å². The summed E-state index contributed by atoms with van der Waals surface area (Å²) in [4.78, 5) is 11.9. The molecule has 0 saturated carbocycles. The summed E-state index contributed by atoms with van der Waals surface area (Å²) in [5, 5.41) is 0. The van der Waals surface area contributed by atoms with E-state index in [1.165, 1.54) is 12.8 Å². The molecule has 0 unspecified atom stereocenters. The van der Waals surface area contributed by atoms with Gasteiger partial charge < -0.3 is 10.5 Å². The van der Waals surface area contributed by atoms with Crippen LogP contribution < -0.4 is 5.73 Å². The van der Waals surface area contributed by atoms with E-state index >= 15 is 0 Å². The van der Waals surface area contributed by atoms with Crippen molar-refractivity contribution < 1.29 is 9.53 Å². The van der Waals surface area contributed by atoms with Crippen LogP contribution in [0.4, 0.5) is 5.69 Å². The quantitative estimate of drug-likeness (QED) is 0.449. The molecule has 1 aromatic rings. The molecule has 0 spiro atoms. The Morgan fingerprint density at radius 2 is 2.00 bits per heavy atom. The van der Waals surface area contributed by atoms with Crippen molar-refractivity contribution in [1.82, 2.24) is 0 Å². The Morgan fingerprint density at radius 3 is 2.67 bits per heavy atom. The zero-order valence-corrected chi connectivity index (χ0v) is 13.5. The number of nitrogens with two attached hydrogens (primary N) is 1. The van der Waals surface area contributed by atoms with Crippen LogP contribution in [0.3, 0.4) is 0 Å². The molecule has 0 aliphatic heterocycles. The second kappa shape index (κ2) is 7.79. The molecule has 0 radical (unpaired) electrons. The van der Waals surface area contributed by atoms with Crippen LogP contribution in [0.2, 0.25) is 0 Å². The number of anilines is 1. The lowest BCUT2D eigenvalue weighted by atomic mass is 10.2. The summed E-state index contributed by atoms with van der Waals surface area (Å²) in [6.45, 7) is 2.59. The largest absolute Gasteiger partial charge is 0.462 e. The van der Waals surface area contributed by atoms with Gasteiger partial charge in [0, 0.05) is 8.95 Å². The van der Waals surface area contributed by atoms with Crippen LogP contribution in [-0.4, -0.2) is 12.6 Å². The van der Waals surface area contributed by atoms with Gasteiger partial charge in [0.2, 0.25) is 0 Å². The lowest BCUT2D eigenvalue weighted by Crippen LogP contribution is -2.09. The summed E-state index contributed by atoms with van der Waals surface area (Å²) in [6.07, 6.45) is 4.32. The second-order valence-corrected chi connectivity index (χ2v) is 5.82. The van der Waals surface area contributed by atoms with Crippen molar-refractivity contribution in [3.63, 3.8) is 0 Å². The summed E-state index contributed by atoms with van der Waals surface area (Å²) in [6, 6.07) is 3.47. The van der Waals surface area contributed by atoms with Crippen molar-refractivity contribution in [2.75, 3.05) is 12.3 Å². The number of benzene rings is 1. The summed E-state index contributed by atoms with van der Waals surface area (Å²) in [5.41, 5.74) is 6.64. The topological polar surface area (TPSA) is 52.3 Å². The molecule has 1 rings (SSSR count). The van der Waals surface area contributed by atoms with Gasteiger partial charge in [-0.1, -0.05) is 42.1 Å². The predicted octanol–water partition coefficient (Wildman–Crippen LogP) is 4.53. The Kier molecular flexibility index (Phi) is 6.71. The molecule has 0 aliphatic carbocycles. The van der Waals surface area contributed by atoms with E-state index in [1.54, 1.807) is 12.1 Å². The highest BCUT2D eigenvalue weighted by Crippen LogP contribution is 2.28. The van der Waals surface area contributed by atoms with E-state index in [1.807, 2.05) is 0 Å². The van der Waals surface area contributed by atoms with Gasteiger partial charge >= 0.3 is 5.97 Å². The normalized spacial score (nSPS) is 10.4. The maximum absolute atomic E-state index is 11.9. The summed E-state index contributed by atoms with van der Waals surface area (Å²) >= 11 is 6.63. The summed E-state index contributed by atoms with van der Waals surface area (Å²) < 4.78 is 6.69. The molecule has 0 atom stereocenters. The van der Waals surface area contributed by atoms with Crippen molar-refractivity contribution in [2.24, 2.45) is 0 Å². The highest BCUT2D eigenvalue weighted by Gasteiger charge is 2.14. The Labute approximate surface area is 124 Å². The predicted molar refractivity (Wildman–Crippen MR) is 80.7 cm³/mol. The third-order valence-electron chi connectivity index (χ3n) is 2.55. The van der Waals surface area contributed by atoms with E-state index in [0.717, 1.165) is 17.3 Å². The Balaban J connectivity index is 2.56. The first-order valence-electron chi connectivity index (χ1n) is 5.98. The third-order valence-corrected chi connectivity index (χ3v) is 3.66. The van der Waals surface area contributed by atoms with Gasteiger partial charge in [0.1, 0.15) is 0 Å². The molecule has 100 valence electrons. The van der Waals surface area contributed by atoms with Gasteiger partial charge in [0.15, 0.2) is 0 Å². The minimum atomic E-state index is -0.369. The Hall–Kier alpha value is -0.550. The number of esters is 1. The molecule has 3 nitrogen and oxygen atoms in total. The first-order chi connectivity index (χ1) is 8.56. The van der Waals surface area contributed by atoms with Gasteiger partial charge in [-0.15, -0.1) is 0 Å². The van der Waals surface area contributed by atoms with Crippen LogP contribution in [0.25, 0.3) is 0 Å². The minimum Gasteiger partial charge on any atom is -0.462 e. The van der Waals surface area contributed by atoms with Crippen LogP contribution >= 0.6 is 31.9 Å². The van der Waals surface area contributed by atoms with Crippen LogP contribution in [-0.2, 0) is 4.74 Å². The molecule has 0 aromatic heterocycles. The van der Waals surface area contributed by atoms with Crippen molar-refractivity contribution in [2.45, 2.75) is 32.6 Å². The van der Waals surface area contributed by atoms with Gasteiger partial charge in [-0.2, -0.15) is 0 Å². The first-order valence-corrected chi connectivity index (χ1v) is 7.56. The van der Waals surface area contributed by atoms with Crippen molar-refractivity contribution >= 4 is 43.5 Å². The lowest BCUT2D eigenvalue weighted by molar-refractivity contribution is 0.0499. The van der Waals surface area contributed by atoms with Gasteiger partial charge in [0.25, 0.3) is 0 Å². The smallest absolute Gasteiger partial charge is 0.340 e. The van der Waals surface area contributed by atoms with Gasteiger partial charge in [0.05, 0.1) is 17.9 Å². The van der Waals surface area contributed by atoms with Crippen LogP contribution in [0.1, 0.15) is 43.0 Å². The molecule has 18 heavy (non-hydrogen) atoms. The van der Waals surface area contributed by atoms with Crippen molar-refractivity contribution in [1.29, 1.82) is 0 Å². The SMILES string of the molecule is CCCCCCOC(=O)c1cc(Br)cc(Br)c1N. The Bertz CT molecular complexity index is 422. The van der Waals surface area contributed by atoms with Gasteiger partial charge in [-0.05, 0) is 34.5 Å². The second-order valence-electron chi connectivity index (χ2n) is 4.05. The maximum Gasteiger partial charge on any atom is 0.340 e. The van der Waals surface area contributed by atoms with E-state index in [0.29, 0.717) is 22.3 Å². The summed E-state index contributed by atoms with van der Waals surface area (Å²) in [7, 11) is 0. The van der Waals surface area contributed by atoms with E-state index in [4.69, 9.17) is 10.5 Å². The zero-order chi connectivity index (χ0) is 13.5. The molecule has 0 saturated heterocycles. The molecule has 0 amide bonds. The van der Waals surface area contributed by atoms with E-state index in [2.05, 4.69) is 38.8 Å². The van der Waals surface area contributed by atoms with Gasteiger partial charge in [-0.25, -0.2) is 4.79 Å². The maximum atomic E-state index is 11.9. The zero-order valence-electron chi connectivity index (χ0n) is 10.3. The molecule has 2 N–H and O–H groups in total. The fourth-order valence-electron chi connectivity index (χ4n) is 1.53. The number of halogens is 2. The molecule has 0 aliphatic rings. The van der Waals surface area contributed by atoms with Gasteiger partial charge in [-0.3, -0.25) is 0 Å². The third kappa shape index (κ3) is 4.61. The van der Waals surface area contributed by atoms with Crippen molar-refractivity contribution in [3.05, 3.63) is 26.6 Å². The number of nitrogen functional groups attached to an aromatic ring is 1. The average molecular weight is 379 g/mol. The molecular weight excluding hydrogens is 362 g/mol. The molecular formula is C13H17Br2NO2. The molecule has 0 bridgehead atoms. The standard InChI is InChI=1S/C13H17Br2NO2/c1-2-3-4-5-6-18-13(17)10-7-9(14)8-11(15)12(10)16/h7-8H,2-6,16H2,1H3. The Morgan fingerprint density at radius 1 is 1.28 bits per heavy atom. The van der Waals surface area contributed by atoms with Crippen LogP contribution in [0, 0.1) is 0 Å². The number of hydrogen-bond acceptors (Lipinski definition) is 3. The number of ether oxygens (including phenoxy) is 1. The molecule has 0 heterocycles. The molecule has 5 heteroatoms. The van der Waals surface area contributed by atoms with E-state index in [-0.39, 0.29) is 5.97 Å². The average Bonchev–Trinajstić information content (AvgIpc) is 2.33. The van der Waals surface area contributed by atoms with Crippen LogP contribution in [0.15, 0.2) is 21.1 Å². The van der Waals surface area contributed by atoms with Crippen LogP contribution in [0.5, 0.6) is 0 Å². The number of unbranched alkanes of at least 4 members (excludes halogenated alkanes) is 3.